The Hall–Kier alpha value is -1.66. The van der Waals surface area contributed by atoms with E-state index in [4.69, 9.17) is 16.3 Å². The first-order valence-electron chi connectivity index (χ1n) is 6.46. The summed E-state index contributed by atoms with van der Waals surface area (Å²) >= 11 is 7.78. The fourth-order valence-corrected chi connectivity index (χ4v) is 3.22. The van der Waals surface area contributed by atoms with Gasteiger partial charge in [0, 0.05) is 23.5 Å². The molecule has 1 amide bonds. The maximum Gasteiger partial charge on any atom is 0.275 e. The minimum atomic E-state index is -0.262. The van der Waals surface area contributed by atoms with Crippen molar-refractivity contribution in [2.24, 2.45) is 0 Å². The van der Waals surface area contributed by atoms with Crippen LogP contribution in [0, 0.1) is 0 Å². The molecule has 1 aromatic heterocycles. The molecule has 110 valence electrons. The lowest BCUT2D eigenvalue weighted by Gasteiger charge is -2.11. The van der Waals surface area contributed by atoms with Gasteiger partial charge in [-0.25, -0.2) is 4.98 Å². The number of fused-ring (bicyclic) bond motifs is 1. The number of nitrogens with zero attached hydrogens (tertiary/aromatic N) is 2. The Morgan fingerprint density at radius 3 is 3.14 bits per heavy atom. The Morgan fingerprint density at radius 2 is 2.38 bits per heavy atom. The highest BCUT2D eigenvalue weighted by Gasteiger charge is 2.18. The quantitative estimate of drug-likeness (QED) is 0.943. The van der Waals surface area contributed by atoms with E-state index in [0.717, 1.165) is 23.9 Å². The predicted octanol–water partition coefficient (Wildman–Crippen LogP) is 3.04. The SMILES string of the molecule is COc1ccc(Cl)cc1NC(=O)c1cn2c(n1)CSCC2. The number of ether oxygens (including phenoxy) is 1. The van der Waals surface area contributed by atoms with Crippen molar-refractivity contribution in [1.29, 1.82) is 0 Å². The largest absolute Gasteiger partial charge is 0.495 e. The van der Waals surface area contributed by atoms with Crippen LogP contribution in [0.2, 0.25) is 5.02 Å². The lowest BCUT2D eigenvalue weighted by atomic mass is 10.3. The summed E-state index contributed by atoms with van der Waals surface area (Å²) in [6.07, 6.45) is 1.79. The highest BCUT2D eigenvalue weighted by atomic mass is 35.5. The third-order valence-corrected chi connectivity index (χ3v) is 4.38. The Labute approximate surface area is 131 Å². The molecule has 3 rings (SSSR count). The average molecular weight is 324 g/mol. The minimum Gasteiger partial charge on any atom is -0.495 e. The van der Waals surface area contributed by atoms with Crippen molar-refractivity contribution in [3.05, 3.63) is 40.9 Å². The van der Waals surface area contributed by atoms with Gasteiger partial charge in [-0.15, -0.1) is 0 Å². The van der Waals surface area contributed by atoms with Crippen LogP contribution < -0.4 is 10.1 Å². The number of carbonyl (C=O) groups is 1. The summed E-state index contributed by atoms with van der Waals surface area (Å²) in [4.78, 5) is 16.7. The van der Waals surface area contributed by atoms with Crippen molar-refractivity contribution in [2.45, 2.75) is 12.3 Å². The summed E-state index contributed by atoms with van der Waals surface area (Å²) in [7, 11) is 1.55. The van der Waals surface area contributed by atoms with E-state index in [1.807, 2.05) is 16.3 Å². The van der Waals surface area contributed by atoms with Crippen LogP contribution in [0.4, 0.5) is 5.69 Å². The molecular weight excluding hydrogens is 310 g/mol. The van der Waals surface area contributed by atoms with E-state index in [1.165, 1.54) is 0 Å². The maximum absolute atomic E-state index is 12.3. The number of amides is 1. The number of rotatable bonds is 3. The Kier molecular flexibility index (Phi) is 4.07. The number of aryl methyl sites for hydroxylation is 1. The highest BCUT2D eigenvalue weighted by Crippen LogP contribution is 2.28. The van der Waals surface area contributed by atoms with Crippen molar-refractivity contribution in [2.75, 3.05) is 18.2 Å². The monoisotopic (exact) mass is 323 g/mol. The number of imidazole rings is 1. The molecule has 0 aliphatic carbocycles. The van der Waals surface area contributed by atoms with Gasteiger partial charge in [-0.2, -0.15) is 11.8 Å². The number of thioether (sulfide) groups is 1. The molecule has 2 heterocycles. The lowest BCUT2D eigenvalue weighted by Crippen LogP contribution is -2.13. The molecule has 0 unspecified atom stereocenters. The number of methoxy groups -OCH3 is 1. The van der Waals surface area contributed by atoms with Gasteiger partial charge >= 0.3 is 0 Å². The van der Waals surface area contributed by atoms with E-state index < -0.39 is 0 Å². The molecule has 0 atom stereocenters. The van der Waals surface area contributed by atoms with Crippen LogP contribution in [-0.2, 0) is 12.3 Å². The van der Waals surface area contributed by atoms with Gasteiger partial charge in [-0.1, -0.05) is 11.6 Å². The first kappa shape index (κ1) is 14.3. The number of hydrogen-bond acceptors (Lipinski definition) is 4. The standard InChI is InChI=1S/C14H14ClN3O2S/c1-20-12-3-2-9(15)6-10(12)17-14(19)11-7-18-4-5-21-8-13(18)16-11/h2-3,6-7H,4-5,8H2,1H3,(H,17,19). The summed E-state index contributed by atoms with van der Waals surface area (Å²) in [5.74, 6) is 3.13. The fraction of sp³-hybridized carbons (Fsp3) is 0.286. The molecule has 7 heteroatoms. The van der Waals surface area contributed by atoms with Crippen LogP contribution in [0.3, 0.4) is 0 Å². The van der Waals surface area contributed by atoms with Crippen molar-refractivity contribution in [3.63, 3.8) is 0 Å². The van der Waals surface area contributed by atoms with Gasteiger partial charge in [0.25, 0.3) is 5.91 Å². The minimum absolute atomic E-state index is 0.262. The van der Waals surface area contributed by atoms with Crippen LogP contribution in [0.1, 0.15) is 16.3 Å². The zero-order chi connectivity index (χ0) is 14.8. The number of halogens is 1. The van der Waals surface area contributed by atoms with Gasteiger partial charge < -0.3 is 14.6 Å². The number of nitrogens with one attached hydrogen (secondary N) is 1. The summed E-state index contributed by atoms with van der Waals surface area (Å²) in [5, 5.41) is 3.33. The van der Waals surface area contributed by atoms with Gasteiger partial charge in [-0.05, 0) is 18.2 Å². The van der Waals surface area contributed by atoms with Gasteiger partial charge in [0.2, 0.25) is 0 Å². The first-order chi connectivity index (χ1) is 10.2. The van der Waals surface area contributed by atoms with Crippen LogP contribution >= 0.6 is 23.4 Å². The predicted molar refractivity (Wildman–Crippen MR) is 84.3 cm³/mol. The van der Waals surface area contributed by atoms with E-state index in [9.17, 15) is 4.79 Å². The average Bonchev–Trinajstić information content (AvgIpc) is 2.91. The topological polar surface area (TPSA) is 56.1 Å². The summed E-state index contributed by atoms with van der Waals surface area (Å²) in [6.45, 7) is 0.890. The number of benzene rings is 1. The van der Waals surface area contributed by atoms with E-state index in [2.05, 4.69) is 10.3 Å². The number of aromatic nitrogens is 2. The third-order valence-electron chi connectivity index (χ3n) is 3.21. The second-order valence-corrected chi connectivity index (χ2v) is 6.13. The second kappa shape index (κ2) is 5.99. The Morgan fingerprint density at radius 1 is 1.52 bits per heavy atom. The van der Waals surface area contributed by atoms with Crippen molar-refractivity contribution < 1.29 is 9.53 Å². The van der Waals surface area contributed by atoms with E-state index in [-0.39, 0.29) is 5.91 Å². The number of carbonyl (C=O) groups excluding carboxylic acids is 1. The number of hydrogen-bond donors (Lipinski definition) is 1. The molecule has 1 N–H and O–H groups in total. The van der Waals surface area contributed by atoms with E-state index in [0.29, 0.717) is 22.2 Å². The van der Waals surface area contributed by atoms with Crippen LogP contribution in [0.5, 0.6) is 5.75 Å². The van der Waals surface area contributed by atoms with Crippen LogP contribution in [-0.4, -0.2) is 28.3 Å². The second-order valence-electron chi connectivity index (χ2n) is 4.59. The molecule has 1 aliphatic rings. The molecule has 21 heavy (non-hydrogen) atoms. The molecule has 0 fully saturated rings. The molecule has 0 radical (unpaired) electrons. The molecule has 0 saturated heterocycles. The summed E-state index contributed by atoms with van der Waals surface area (Å²) in [6, 6.07) is 5.08. The lowest BCUT2D eigenvalue weighted by molar-refractivity contribution is 0.102. The van der Waals surface area contributed by atoms with Crippen LogP contribution in [0.15, 0.2) is 24.4 Å². The van der Waals surface area contributed by atoms with E-state index in [1.54, 1.807) is 31.5 Å². The third kappa shape index (κ3) is 3.01. The van der Waals surface area contributed by atoms with Crippen molar-refractivity contribution in [1.82, 2.24) is 9.55 Å². The molecule has 5 nitrogen and oxygen atoms in total. The summed E-state index contributed by atoms with van der Waals surface area (Å²) in [5.41, 5.74) is 0.949. The molecule has 0 bridgehead atoms. The van der Waals surface area contributed by atoms with Crippen molar-refractivity contribution >= 4 is 35.0 Å². The fourth-order valence-electron chi connectivity index (χ4n) is 2.16. The molecule has 2 aromatic rings. The highest BCUT2D eigenvalue weighted by molar-refractivity contribution is 7.98. The van der Waals surface area contributed by atoms with Gasteiger partial charge in [0.15, 0.2) is 0 Å². The normalized spacial score (nSPS) is 13.6. The maximum atomic E-state index is 12.3. The summed E-state index contributed by atoms with van der Waals surface area (Å²) < 4.78 is 7.24. The smallest absolute Gasteiger partial charge is 0.275 e. The molecule has 1 aliphatic heterocycles. The molecule has 0 spiro atoms. The Balaban J connectivity index is 1.83. The van der Waals surface area contributed by atoms with Gasteiger partial charge in [0.1, 0.15) is 17.3 Å². The molecule has 0 saturated carbocycles. The zero-order valence-electron chi connectivity index (χ0n) is 11.4. The van der Waals surface area contributed by atoms with Gasteiger partial charge in [0.05, 0.1) is 18.6 Å². The molecule has 1 aromatic carbocycles. The van der Waals surface area contributed by atoms with Crippen molar-refractivity contribution in [3.8, 4) is 5.75 Å². The van der Waals surface area contributed by atoms with Crippen LogP contribution in [0.25, 0.3) is 0 Å². The van der Waals surface area contributed by atoms with Gasteiger partial charge in [-0.3, -0.25) is 4.79 Å². The number of anilines is 1. The molecular formula is C14H14ClN3O2S. The first-order valence-corrected chi connectivity index (χ1v) is 7.99. The van der Waals surface area contributed by atoms with E-state index >= 15 is 0 Å². The Bertz CT molecular complexity index is 663. The zero-order valence-corrected chi connectivity index (χ0v) is 13.0.